The topological polar surface area (TPSA) is 34.9 Å². The van der Waals surface area contributed by atoms with Gasteiger partial charge in [0.1, 0.15) is 5.69 Å². The minimum atomic E-state index is 0.00176. The number of rotatable bonds is 1. The molecular formula is C10H16N2O. The second-order valence-corrected chi connectivity index (χ2v) is 3.69. The molecule has 0 unspecified atom stereocenters. The Morgan fingerprint density at radius 3 is 2.31 bits per heavy atom. The van der Waals surface area contributed by atoms with E-state index in [1.165, 1.54) is 0 Å². The van der Waals surface area contributed by atoms with E-state index in [1.807, 2.05) is 6.92 Å². The van der Waals surface area contributed by atoms with Gasteiger partial charge in [-0.1, -0.05) is 13.8 Å². The van der Waals surface area contributed by atoms with E-state index >= 15 is 0 Å². The lowest BCUT2D eigenvalue weighted by atomic mass is 10.1. The van der Waals surface area contributed by atoms with Crippen molar-refractivity contribution < 1.29 is 0 Å². The van der Waals surface area contributed by atoms with Gasteiger partial charge in [0.25, 0.3) is 5.56 Å². The van der Waals surface area contributed by atoms with Gasteiger partial charge in [0.2, 0.25) is 0 Å². The summed E-state index contributed by atoms with van der Waals surface area (Å²) < 4.78 is 1.66. The molecule has 0 bridgehead atoms. The van der Waals surface area contributed by atoms with Gasteiger partial charge in [-0.3, -0.25) is 9.78 Å². The lowest BCUT2D eigenvalue weighted by molar-refractivity contribution is 0.709. The van der Waals surface area contributed by atoms with Gasteiger partial charge in [0, 0.05) is 12.7 Å². The van der Waals surface area contributed by atoms with E-state index in [0.717, 1.165) is 11.4 Å². The highest BCUT2D eigenvalue weighted by Crippen LogP contribution is 2.14. The lowest BCUT2D eigenvalue weighted by Gasteiger charge is -2.12. The third-order valence-electron chi connectivity index (χ3n) is 2.32. The summed E-state index contributed by atoms with van der Waals surface area (Å²) in [5.74, 6) is 0.366. The first-order chi connectivity index (χ1) is 5.95. The number of aryl methyl sites for hydroxylation is 1. The van der Waals surface area contributed by atoms with Crippen LogP contribution in [-0.4, -0.2) is 9.55 Å². The molecule has 0 atom stereocenters. The summed E-state index contributed by atoms with van der Waals surface area (Å²) in [7, 11) is 1.79. The molecule has 1 rings (SSSR count). The van der Waals surface area contributed by atoms with E-state index in [4.69, 9.17) is 0 Å². The average molecular weight is 180 g/mol. The Bertz CT molecular complexity index is 377. The molecule has 3 nitrogen and oxygen atoms in total. The Balaban J connectivity index is 3.50. The van der Waals surface area contributed by atoms with Crippen molar-refractivity contribution in [3.63, 3.8) is 0 Å². The van der Waals surface area contributed by atoms with Gasteiger partial charge in [-0.15, -0.1) is 0 Å². The third-order valence-corrected chi connectivity index (χ3v) is 2.32. The summed E-state index contributed by atoms with van der Waals surface area (Å²) in [6, 6.07) is 0. The van der Waals surface area contributed by atoms with Crippen molar-refractivity contribution in [2.24, 2.45) is 7.05 Å². The van der Waals surface area contributed by atoms with Crippen LogP contribution in [0.2, 0.25) is 0 Å². The summed E-state index contributed by atoms with van der Waals surface area (Å²) in [5, 5.41) is 0. The lowest BCUT2D eigenvalue weighted by Crippen LogP contribution is -2.25. The molecule has 13 heavy (non-hydrogen) atoms. The van der Waals surface area contributed by atoms with E-state index in [-0.39, 0.29) is 5.56 Å². The molecule has 0 N–H and O–H groups in total. The van der Waals surface area contributed by atoms with Gasteiger partial charge in [-0.25, -0.2) is 0 Å². The van der Waals surface area contributed by atoms with E-state index in [9.17, 15) is 4.79 Å². The summed E-state index contributed by atoms with van der Waals surface area (Å²) in [6.07, 6.45) is 0. The summed E-state index contributed by atoms with van der Waals surface area (Å²) >= 11 is 0. The number of nitrogens with zero attached hydrogens (tertiary/aromatic N) is 2. The molecule has 0 aliphatic rings. The molecule has 0 fully saturated rings. The molecular weight excluding hydrogens is 164 g/mol. The van der Waals surface area contributed by atoms with Crippen LogP contribution < -0.4 is 5.56 Å². The van der Waals surface area contributed by atoms with Crippen LogP contribution in [0.4, 0.5) is 0 Å². The van der Waals surface area contributed by atoms with Crippen LogP contribution in [-0.2, 0) is 7.05 Å². The molecule has 1 heterocycles. The molecule has 0 aliphatic carbocycles. The predicted molar refractivity (Wildman–Crippen MR) is 53.0 cm³/mol. The molecule has 72 valence electrons. The number of aromatic nitrogens is 2. The molecule has 1 aromatic heterocycles. The highest BCUT2D eigenvalue weighted by molar-refractivity contribution is 5.17. The Morgan fingerprint density at radius 1 is 1.31 bits per heavy atom. The second-order valence-electron chi connectivity index (χ2n) is 3.69. The highest BCUT2D eigenvalue weighted by Gasteiger charge is 2.10. The van der Waals surface area contributed by atoms with Crippen LogP contribution in [0.1, 0.15) is 36.8 Å². The van der Waals surface area contributed by atoms with Gasteiger partial charge in [-0.05, 0) is 19.8 Å². The van der Waals surface area contributed by atoms with Crippen LogP contribution >= 0.6 is 0 Å². The van der Waals surface area contributed by atoms with E-state index < -0.39 is 0 Å². The zero-order chi connectivity index (χ0) is 10.2. The van der Waals surface area contributed by atoms with Gasteiger partial charge in [0.05, 0.1) is 5.69 Å². The second kappa shape index (κ2) is 3.32. The van der Waals surface area contributed by atoms with Crippen molar-refractivity contribution in [2.75, 3.05) is 0 Å². The zero-order valence-electron chi connectivity index (χ0n) is 8.88. The highest BCUT2D eigenvalue weighted by atomic mass is 16.1. The Morgan fingerprint density at radius 2 is 1.85 bits per heavy atom. The van der Waals surface area contributed by atoms with Crippen LogP contribution in [0.5, 0.6) is 0 Å². The predicted octanol–water partition coefficient (Wildman–Crippen LogP) is 1.52. The fourth-order valence-electron chi connectivity index (χ4n) is 1.42. The van der Waals surface area contributed by atoms with Crippen molar-refractivity contribution in [3.05, 3.63) is 27.4 Å². The van der Waals surface area contributed by atoms with Crippen molar-refractivity contribution in [3.8, 4) is 0 Å². The molecule has 0 spiro atoms. The van der Waals surface area contributed by atoms with Gasteiger partial charge in [-0.2, -0.15) is 0 Å². The van der Waals surface area contributed by atoms with Crippen molar-refractivity contribution in [1.29, 1.82) is 0 Å². The Labute approximate surface area is 78.4 Å². The van der Waals surface area contributed by atoms with E-state index in [2.05, 4.69) is 18.8 Å². The number of hydrogen-bond donors (Lipinski definition) is 0. The van der Waals surface area contributed by atoms with Gasteiger partial charge in [0.15, 0.2) is 0 Å². The minimum Gasteiger partial charge on any atom is -0.313 e. The smallest absolute Gasteiger partial charge is 0.271 e. The number of hydrogen-bond acceptors (Lipinski definition) is 2. The summed E-state index contributed by atoms with van der Waals surface area (Å²) in [4.78, 5) is 15.8. The fourth-order valence-corrected chi connectivity index (χ4v) is 1.42. The molecule has 0 radical (unpaired) electrons. The van der Waals surface area contributed by atoms with Crippen molar-refractivity contribution in [1.82, 2.24) is 9.55 Å². The Kier molecular flexibility index (Phi) is 2.55. The van der Waals surface area contributed by atoms with Gasteiger partial charge >= 0.3 is 0 Å². The monoisotopic (exact) mass is 180 g/mol. The summed E-state index contributed by atoms with van der Waals surface area (Å²) in [6.45, 7) is 7.86. The molecule has 0 aliphatic heterocycles. The maximum absolute atomic E-state index is 11.5. The summed E-state index contributed by atoms with van der Waals surface area (Å²) in [5.41, 5.74) is 2.56. The largest absolute Gasteiger partial charge is 0.313 e. The molecule has 1 aromatic rings. The minimum absolute atomic E-state index is 0.00176. The third kappa shape index (κ3) is 1.64. The molecule has 0 aromatic carbocycles. The van der Waals surface area contributed by atoms with Crippen LogP contribution in [0.25, 0.3) is 0 Å². The van der Waals surface area contributed by atoms with E-state index in [1.54, 1.807) is 18.5 Å². The molecule has 0 saturated heterocycles. The average Bonchev–Trinajstić information content (AvgIpc) is 2.07. The van der Waals surface area contributed by atoms with E-state index in [0.29, 0.717) is 11.6 Å². The Hall–Kier alpha value is -1.12. The fraction of sp³-hybridized carbons (Fsp3) is 0.600. The quantitative estimate of drug-likeness (QED) is 0.656. The standard InChI is InChI=1S/C10H16N2O/c1-6(2)9-8(4)12(5)10(13)7(3)11-9/h6H,1-5H3. The van der Waals surface area contributed by atoms with Gasteiger partial charge < -0.3 is 4.57 Å². The van der Waals surface area contributed by atoms with Crippen molar-refractivity contribution in [2.45, 2.75) is 33.6 Å². The maximum Gasteiger partial charge on any atom is 0.271 e. The van der Waals surface area contributed by atoms with Crippen molar-refractivity contribution >= 4 is 0 Å². The zero-order valence-corrected chi connectivity index (χ0v) is 8.88. The van der Waals surface area contributed by atoms with Crippen LogP contribution in [0.15, 0.2) is 4.79 Å². The first-order valence-corrected chi connectivity index (χ1v) is 4.49. The molecule has 3 heteroatoms. The SMILES string of the molecule is Cc1nc(C(C)C)c(C)n(C)c1=O. The molecule has 0 amide bonds. The first-order valence-electron chi connectivity index (χ1n) is 4.49. The van der Waals surface area contributed by atoms with Crippen LogP contribution in [0.3, 0.4) is 0 Å². The first kappa shape index (κ1) is 9.96. The normalized spacial score (nSPS) is 10.9. The molecule has 0 saturated carbocycles. The maximum atomic E-state index is 11.5. The van der Waals surface area contributed by atoms with Crippen LogP contribution in [0, 0.1) is 13.8 Å².